The van der Waals surface area contributed by atoms with Crippen LogP contribution in [0.2, 0.25) is 0 Å². The Morgan fingerprint density at radius 3 is 2.17 bits per heavy atom. The van der Waals surface area contributed by atoms with Gasteiger partial charge in [0, 0.05) is 12.0 Å². The van der Waals surface area contributed by atoms with E-state index in [1.807, 2.05) is 0 Å². The second-order valence-electron chi connectivity index (χ2n) is 8.20. The summed E-state index contributed by atoms with van der Waals surface area (Å²) in [6.45, 7) is 6.67. The van der Waals surface area contributed by atoms with Crippen LogP contribution < -0.4 is 0 Å². The van der Waals surface area contributed by atoms with Crippen molar-refractivity contribution in [1.82, 2.24) is 0 Å². The molecule has 4 bridgehead atoms. The minimum absolute atomic E-state index is 0.0774. The summed E-state index contributed by atoms with van der Waals surface area (Å²) in [6.07, 6.45) is 7.19. The van der Waals surface area contributed by atoms with Crippen LogP contribution >= 0.6 is 0 Å². The summed E-state index contributed by atoms with van der Waals surface area (Å²) in [5.74, 6) is 1.80. The van der Waals surface area contributed by atoms with E-state index in [2.05, 4.69) is 20.8 Å². The zero-order valence-electron chi connectivity index (χ0n) is 12.1. The van der Waals surface area contributed by atoms with Crippen LogP contribution in [0.3, 0.4) is 0 Å². The molecule has 0 spiro atoms. The summed E-state index contributed by atoms with van der Waals surface area (Å²) in [4.78, 5) is 0. The molecule has 2 N–H and O–H groups in total. The molecule has 4 aliphatic carbocycles. The lowest BCUT2D eigenvalue weighted by molar-refractivity contribution is -0.220. The summed E-state index contributed by atoms with van der Waals surface area (Å²) in [6, 6.07) is 0. The van der Waals surface area contributed by atoms with E-state index >= 15 is 0 Å². The van der Waals surface area contributed by atoms with Crippen molar-refractivity contribution < 1.29 is 10.2 Å². The standard InChI is InChI=1S/C16H28O2/c1-11(2)14(3,18)16-7-12-4-13(8-16)6-15(5-12,9-16)10-17/h11-13,17-18H,4-10H2,1-3H3. The third kappa shape index (κ3) is 1.54. The Kier molecular flexibility index (Phi) is 2.68. The zero-order chi connectivity index (χ0) is 13.2. The fourth-order valence-electron chi connectivity index (χ4n) is 5.84. The Morgan fingerprint density at radius 1 is 1.17 bits per heavy atom. The molecule has 0 heterocycles. The highest BCUT2D eigenvalue weighted by atomic mass is 16.3. The highest BCUT2D eigenvalue weighted by molar-refractivity contribution is 5.13. The Hall–Kier alpha value is -0.0800. The second kappa shape index (κ2) is 3.73. The maximum Gasteiger partial charge on any atom is 0.0698 e. The molecule has 4 rings (SSSR count). The van der Waals surface area contributed by atoms with E-state index in [0.717, 1.165) is 18.3 Å². The molecule has 0 amide bonds. The van der Waals surface area contributed by atoms with Gasteiger partial charge in [-0.1, -0.05) is 13.8 Å². The number of aliphatic hydroxyl groups is 2. The van der Waals surface area contributed by atoms with E-state index < -0.39 is 5.60 Å². The summed E-state index contributed by atoms with van der Waals surface area (Å²) >= 11 is 0. The first-order chi connectivity index (χ1) is 8.32. The Bertz CT molecular complexity index is 331. The number of aliphatic hydroxyl groups excluding tert-OH is 1. The molecule has 0 aromatic carbocycles. The second-order valence-corrected chi connectivity index (χ2v) is 8.20. The normalized spacial score (nSPS) is 49.7. The van der Waals surface area contributed by atoms with Crippen molar-refractivity contribution in [3.63, 3.8) is 0 Å². The van der Waals surface area contributed by atoms with Crippen LogP contribution in [0.5, 0.6) is 0 Å². The van der Waals surface area contributed by atoms with Crippen LogP contribution in [0.1, 0.15) is 59.3 Å². The first-order valence-electron chi connectivity index (χ1n) is 7.66. The lowest BCUT2D eigenvalue weighted by Crippen LogP contribution is -2.62. The SMILES string of the molecule is CC(C)C(C)(O)C12CC3CC(CC(CO)(C3)C1)C2. The topological polar surface area (TPSA) is 40.5 Å². The van der Waals surface area contributed by atoms with E-state index in [-0.39, 0.29) is 10.8 Å². The predicted octanol–water partition coefficient (Wildman–Crippen LogP) is 2.97. The molecule has 0 aliphatic heterocycles. The summed E-state index contributed by atoms with van der Waals surface area (Å²) in [5, 5.41) is 21.0. The first kappa shape index (κ1) is 12.9. The van der Waals surface area contributed by atoms with Gasteiger partial charge in [0.1, 0.15) is 0 Å². The number of rotatable bonds is 3. The van der Waals surface area contributed by atoms with Gasteiger partial charge in [0.25, 0.3) is 0 Å². The average molecular weight is 252 g/mol. The van der Waals surface area contributed by atoms with Crippen molar-refractivity contribution in [1.29, 1.82) is 0 Å². The molecule has 104 valence electrons. The van der Waals surface area contributed by atoms with Crippen molar-refractivity contribution in [2.75, 3.05) is 6.61 Å². The summed E-state index contributed by atoms with van der Waals surface area (Å²) < 4.78 is 0. The van der Waals surface area contributed by atoms with Gasteiger partial charge in [-0.3, -0.25) is 0 Å². The Morgan fingerprint density at radius 2 is 1.72 bits per heavy atom. The third-order valence-electron chi connectivity index (χ3n) is 6.72. The molecule has 4 saturated carbocycles. The zero-order valence-corrected chi connectivity index (χ0v) is 12.1. The van der Waals surface area contributed by atoms with Crippen molar-refractivity contribution in [3.8, 4) is 0 Å². The van der Waals surface area contributed by atoms with Gasteiger partial charge < -0.3 is 10.2 Å². The third-order valence-corrected chi connectivity index (χ3v) is 6.72. The molecule has 0 radical (unpaired) electrons. The lowest BCUT2D eigenvalue weighted by Gasteiger charge is -2.66. The van der Waals surface area contributed by atoms with Crippen molar-refractivity contribution in [2.24, 2.45) is 28.6 Å². The fraction of sp³-hybridized carbons (Fsp3) is 1.00. The highest BCUT2D eigenvalue weighted by Gasteiger charge is 2.63. The maximum atomic E-state index is 11.1. The van der Waals surface area contributed by atoms with Crippen LogP contribution in [-0.2, 0) is 0 Å². The molecule has 0 saturated heterocycles. The first-order valence-corrected chi connectivity index (χ1v) is 7.66. The molecule has 2 nitrogen and oxygen atoms in total. The van der Waals surface area contributed by atoms with Crippen LogP contribution in [-0.4, -0.2) is 22.4 Å². The van der Waals surface area contributed by atoms with Gasteiger partial charge in [0.2, 0.25) is 0 Å². The maximum absolute atomic E-state index is 11.1. The largest absolute Gasteiger partial charge is 0.396 e. The molecular formula is C16H28O2. The average Bonchev–Trinajstić information content (AvgIpc) is 2.26. The molecule has 2 heteroatoms. The number of hydrogen-bond acceptors (Lipinski definition) is 2. The van der Waals surface area contributed by atoms with Gasteiger partial charge >= 0.3 is 0 Å². The molecule has 4 aliphatic rings. The van der Waals surface area contributed by atoms with Gasteiger partial charge in [-0.15, -0.1) is 0 Å². The molecule has 0 aromatic heterocycles. The van der Waals surface area contributed by atoms with Gasteiger partial charge in [-0.2, -0.15) is 0 Å². The Labute approximate surface area is 111 Å². The minimum Gasteiger partial charge on any atom is -0.396 e. The van der Waals surface area contributed by atoms with Gasteiger partial charge in [0.15, 0.2) is 0 Å². The van der Waals surface area contributed by atoms with Gasteiger partial charge in [-0.25, -0.2) is 0 Å². The molecule has 18 heavy (non-hydrogen) atoms. The summed E-state index contributed by atoms with van der Waals surface area (Å²) in [7, 11) is 0. The van der Waals surface area contributed by atoms with Crippen LogP contribution in [0, 0.1) is 28.6 Å². The molecule has 3 atom stereocenters. The van der Waals surface area contributed by atoms with E-state index in [4.69, 9.17) is 0 Å². The van der Waals surface area contributed by atoms with Gasteiger partial charge in [-0.05, 0) is 68.6 Å². The highest BCUT2D eigenvalue weighted by Crippen LogP contribution is 2.68. The van der Waals surface area contributed by atoms with Crippen LogP contribution in [0.4, 0.5) is 0 Å². The molecule has 4 fully saturated rings. The molecular weight excluding hydrogens is 224 g/mol. The monoisotopic (exact) mass is 252 g/mol. The predicted molar refractivity (Wildman–Crippen MR) is 72.1 cm³/mol. The van der Waals surface area contributed by atoms with E-state index in [9.17, 15) is 10.2 Å². The van der Waals surface area contributed by atoms with Crippen LogP contribution in [0.15, 0.2) is 0 Å². The van der Waals surface area contributed by atoms with E-state index in [0.29, 0.717) is 12.5 Å². The van der Waals surface area contributed by atoms with E-state index in [1.54, 1.807) is 0 Å². The van der Waals surface area contributed by atoms with Crippen molar-refractivity contribution in [2.45, 2.75) is 64.9 Å². The lowest BCUT2D eigenvalue weighted by atomic mass is 9.40. The fourth-order valence-corrected chi connectivity index (χ4v) is 5.84. The molecule has 3 unspecified atom stereocenters. The van der Waals surface area contributed by atoms with Gasteiger partial charge in [0.05, 0.1) is 5.60 Å². The van der Waals surface area contributed by atoms with Crippen LogP contribution in [0.25, 0.3) is 0 Å². The quantitative estimate of drug-likeness (QED) is 0.810. The van der Waals surface area contributed by atoms with E-state index in [1.165, 1.54) is 32.1 Å². The number of hydrogen-bond donors (Lipinski definition) is 2. The minimum atomic E-state index is -0.578. The van der Waals surface area contributed by atoms with Crippen molar-refractivity contribution >= 4 is 0 Å². The molecule has 0 aromatic rings. The summed E-state index contributed by atoms with van der Waals surface area (Å²) in [5.41, 5.74) is -0.359. The Balaban J connectivity index is 1.98. The van der Waals surface area contributed by atoms with Crippen molar-refractivity contribution in [3.05, 3.63) is 0 Å². The smallest absolute Gasteiger partial charge is 0.0698 e.